The van der Waals surface area contributed by atoms with Crippen molar-refractivity contribution in [2.45, 2.75) is 100 Å². The summed E-state index contributed by atoms with van der Waals surface area (Å²) in [5.74, 6) is 6.03. The van der Waals surface area contributed by atoms with Crippen molar-refractivity contribution in [1.29, 1.82) is 10.5 Å². The van der Waals surface area contributed by atoms with Gasteiger partial charge in [0.1, 0.15) is 34.0 Å². The van der Waals surface area contributed by atoms with Crippen molar-refractivity contribution < 1.29 is 24.6 Å². The van der Waals surface area contributed by atoms with E-state index < -0.39 is 5.92 Å². The highest BCUT2D eigenvalue weighted by Crippen LogP contribution is 2.24. The zero-order valence-corrected chi connectivity index (χ0v) is 36.9. The van der Waals surface area contributed by atoms with Crippen LogP contribution in [0.4, 0.5) is 5.82 Å². The van der Waals surface area contributed by atoms with Gasteiger partial charge in [-0.2, -0.15) is 30.3 Å². The van der Waals surface area contributed by atoms with Gasteiger partial charge in [-0.3, -0.25) is 14.7 Å². The molecule has 0 aromatic carbocycles. The quantitative estimate of drug-likeness (QED) is 0.0370. The van der Waals surface area contributed by atoms with E-state index in [0.717, 1.165) is 28.4 Å². The molecule has 0 saturated heterocycles. The number of carbonyl (C=O) groups is 2. The van der Waals surface area contributed by atoms with E-state index in [4.69, 9.17) is 44.7 Å². The standard InChI is InChI=1S/C9H9Cl2N3.C9H11N3O2.C6H11N3.C6H9NO.C5H9N.C3H6O2.H4N2O/c1-5(2)6-4-12-14-8(11)3-7(10)13-9(6)14;1-5(2)6-4-10-12-8(14)3-7(13)11-9(6)12;1-4(2)5-3-8-9-6(5)7;1-5(2)6(3-7)4-8;1-5(2)3-4-6;1-2-5-3-4;1-2-3/h3-5H,1-2H3;3-5,14H,1-2H3,(H,11,13);3-4H,1-2H3,(H3,7,8,9);4-6H,1-2H3;5H,3H2,1-2H3;3H,2H2,1H3;2-3H,1H2. The molecule has 19 nitrogen and oxygen atoms in total. The minimum absolute atomic E-state index is 0.143. The fourth-order valence-corrected chi connectivity index (χ4v) is 4.56. The van der Waals surface area contributed by atoms with Crippen LogP contribution in [0.3, 0.4) is 0 Å². The van der Waals surface area contributed by atoms with Crippen molar-refractivity contribution in [2.75, 3.05) is 12.3 Å². The number of nitrogens with zero attached hydrogens (tertiary/aromatic N) is 8. The number of anilines is 1. The van der Waals surface area contributed by atoms with Crippen LogP contribution >= 0.6 is 23.2 Å². The number of halogens is 2. The molecule has 5 aromatic heterocycles. The maximum atomic E-state index is 11.1. The summed E-state index contributed by atoms with van der Waals surface area (Å²) in [7, 11) is 0. The maximum absolute atomic E-state index is 11.1. The molecule has 0 saturated carbocycles. The smallest absolute Gasteiger partial charge is 0.293 e. The van der Waals surface area contributed by atoms with Gasteiger partial charge in [0.15, 0.2) is 5.65 Å². The van der Waals surface area contributed by atoms with Gasteiger partial charge >= 0.3 is 0 Å². The van der Waals surface area contributed by atoms with Crippen molar-refractivity contribution >= 4 is 53.1 Å². The molecule has 0 aliphatic rings. The summed E-state index contributed by atoms with van der Waals surface area (Å²) in [5, 5.41) is 48.2. The molecule has 0 fully saturated rings. The monoisotopic (exact) mass is 863 g/mol. The second-order valence-electron chi connectivity index (χ2n) is 13.8. The third kappa shape index (κ3) is 21.1. The Bertz CT molecular complexity index is 2080. The molecular weight excluding hydrogens is 805 g/mol. The Labute approximate surface area is 354 Å². The number of nitriles is 2. The molecule has 0 amide bonds. The summed E-state index contributed by atoms with van der Waals surface area (Å²) >= 11 is 11.8. The first-order valence-corrected chi connectivity index (χ1v) is 19.1. The number of hydrazine groups is 1. The number of aromatic amines is 2. The number of aromatic nitrogens is 8. The number of hydrogen-bond donors (Lipinski definition) is 7. The molecule has 0 radical (unpaired) electrons. The Morgan fingerprint density at radius 3 is 1.81 bits per heavy atom. The summed E-state index contributed by atoms with van der Waals surface area (Å²) in [5.41, 5.74) is 10.8. The highest BCUT2D eigenvalue weighted by atomic mass is 35.5. The number of nitrogens with one attached hydrogen (secondary N) is 3. The first kappa shape index (κ1) is 55.5. The van der Waals surface area contributed by atoms with Crippen molar-refractivity contribution in [3.8, 4) is 18.0 Å². The minimum atomic E-state index is -0.421. The number of aldehydes is 1. The summed E-state index contributed by atoms with van der Waals surface area (Å²) in [6.45, 7) is 22.7. The molecule has 5 rings (SSSR count). The Hall–Kier alpha value is -5.57. The normalized spacial score (nSPS) is 10.5. The Kier molecular flexibility index (Phi) is 28.7. The average molecular weight is 865 g/mol. The summed E-state index contributed by atoms with van der Waals surface area (Å²) in [4.78, 5) is 37.1. The number of carbonyl (C=O) groups excluding carboxylic acids is 2. The van der Waals surface area contributed by atoms with Crippen LogP contribution in [0.25, 0.3) is 11.3 Å². The van der Waals surface area contributed by atoms with Gasteiger partial charge in [-0.1, -0.05) is 92.4 Å². The van der Waals surface area contributed by atoms with Crippen LogP contribution in [0.1, 0.15) is 117 Å². The molecule has 1 atom stereocenters. The number of nitrogens with two attached hydrogens (primary N) is 2. The fraction of sp³-hybridized carbons (Fsp3) is 0.500. The zero-order valence-electron chi connectivity index (χ0n) is 35.4. The van der Waals surface area contributed by atoms with Gasteiger partial charge in [-0.25, -0.2) is 15.3 Å². The van der Waals surface area contributed by atoms with Crippen molar-refractivity contribution in [2.24, 2.45) is 23.6 Å². The van der Waals surface area contributed by atoms with E-state index in [1.54, 1.807) is 36.1 Å². The highest BCUT2D eigenvalue weighted by molar-refractivity contribution is 6.33. The van der Waals surface area contributed by atoms with Gasteiger partial charge in [-0.05, 0) is 36.5 Å². The molecule has 1 unspecified atom stereocenters. The molecule has 0 aliphatic carbocycles. The van der Waals surface area contributed by atoms with Crippen molar-refractivity contribution in [3.05, 3.63) is 68.1 Å². The van der Waals surface area contributed by atoms with Gasteiger partial charge in [0.25, 0.3) is 12.0 Å². The van der Waals surface area contributed by atoms with E-state index in [-0.39, 0.29) is 23.3 Å². The lowest BCUT2D eigenvalue weighted by Crippen LogP contribution is -2.14. The molecule has 21 heteroatoms. The summed E-state index contributed by atoms with van der Waals surface area (Å²) in [6.07, 6.45) is 6.55. The van der Waals surface area contributed by atoms with Crippen LogP contribution in [0.5, 0.6) is 5.88 Å². The SMILES string of the molecule is CC(C)C(C#N)C=O.CC(C)CC#N.CC(C)c1cn[nH]c1N.CC(C)c1cnn2c(Cl)cc(Cl)nc12.CC(C)c1cnn2c(O)cc(=O)[nH]c12.CCOC=O.NNO. The molecule has 326 valence electrons. The maximum Gasteiger partial charge on any atom is 0.293 e. The molecule has 0 bridgehead atoms. The van der Waals surface area contributed by atoms with Gasteiger partial charge in [0.2, 0.25) is 5.88 Å². The largest absolute Gasteiger partial charge is 0.493 e. The molecule has 0 spiro atoms. The number of H-pyrrole nitrogens is 2. The van der Waals surface area contributed by atoms with E-state index in [9.17, 15) is 19.5 Å². The van der Waals surface area contributed by atoms with E-state index in [2.05, 4.69) is 74.7 Å². The number of ether oxygens (including phenoxy) is 1. The van der Waals surface area contributed by atoms with Crippen LogP contribution in [0, 0.1) is 40.4 Å². The zero-order chi connectivity index (χ0) is 45.8. The van der Waals surface area contributed by atoms with Gasteiger partial charge in [0, 0.05) is 29.2 Å². The van der Waals surface area contributed by atoms with Gasteiger partial charge in [0.05, 0.1) is 43.4 Å². The second-order valence-corrected chi connectivity index (χ2v) is 14.5. The lowest BCUT2D eigenvalue weighted by molar-refractivity contribution is -0.128. The van der Waals surface area contributed by atoms with Crippen LogP contribution in [0.15, 0.2) is 35.5 Å². The molecule has 59 heavy (non-hydrogen) atoms. The van der Waals surface area contributed by atoms with E-state index in [0.29, 0.717) is 65.3 Å². The Morgan fingerprint density at radius 2 is 1.47 bits per heavy atom. The van der Waals surface area contributed by atoms with Crippen LogP contribution in [0.2, 0.25) is 10.3 Å². The Morgan fingerprint density at radius 1 is 0.932 bits per heavy atom. The first-order valence-electron chi connectivity index (χ1n) is 18.4. The minimum Gasteiger partial charge on any atom is -0.493 e. The lowest BCUT2D eigenvalue weighted by atomic mass is 10.00. The number of aromatic hydroxyl groups is 1. The number of nitrogen functional groups attached to an aromatic ring is 1. The molecule has 5 aromatic rings. The summed E-state index contributed by atoms with van der Waals surface area (Å²) < 4.78 is 7.06. The third-order valence-corrected chi connectivity index (χ3v) is 7.72. The van der Waals surface area contributed by atoms with Crippen LogP contribution in [-0.4, -0.2) is 69.1 Å². The molecular formula is C38H59Cl2N13O6. The summed E-state index contributed by atoms with van der Waals surface area (Å²) in [6, 6.07) is 6.63. The van der Waals surface area contributed by atoms with E-state index >= 15 is 0 Å². The predicted octanol–water partition coefficient (Wildman–Crippen LogP) is 6.68. The molecule has 0 aliphatic heterocycles. The molecule has 5 heterocycles. The first-order chi connectivity index (χ1) is 27.7. The predicted molar refractivity (Wildman–Crippen MR) is 228 cm³/mol. The second kappa shape index (κ2) is 30.5. The number of fused-ring (bicyclic) bond motifs is 2. The third-order valence-electron chi connectivity index (χ3n) is 7.25. The van der Waals surface area contributed by atoms with Crippen molar-refractivity contribution in [1.82, 2.24) is 45.0 Å². The molecule has 9 N–H and O–H groups in total. The van der Waals surface area contributed by atoms with E-state index in [1.807, 2.05) is 47.6 Å². The van der Waals surface area contributed by atoms with Crippen LogP contribution < -0.4 is 22.7 Å². The van der Waals surface area contributed by atoms with Crippen LogP contribution in [-0.2, 0) is 14.3 Å². The Balaban J connectivity index is 0. The average Bonchev–Trinajstić information content (AvgIpc) is 3.89. The number of hydrogen-bond acceptors (Lipinski definition) is 15. The lowest BCUT2D eigenvalue weighted by Gasteiger charge is -2.02. The fourth-order valence-electron chi connectivity index (χ4n) is 4.09. The highest BCUT2D eigenvalue weighted by Gasteiger charge is 2.13. The van der Waals surface area contributed by atoms with E-state index in [1.165, 1.54) is 10.1 Å². The van der Waals surface area contributed by atoms with Crippen molar-refractivity contribution in [3.63, 3.8) is 0 Å². The number of rotatable bonds is 8. The van der Waals surface area contributed by atoms with Gasteiger partial charge < -0.3 is 30.6 Å². The van der Waals surface area contributed by atoms with Gasteiger partial charge in [-0.15, -0.1) is 5.59 Å². The topological polar surface area (TPSA) is 305 Å².